The summed E-state index contributed by atoms with van der Waals surface area (Å²) in [6.45, 7) is -0.696. The van der Waals surface area contributed by atoms with Crippen LogP contribution in [-0.2, 0) is 31.3 Å². The molecule has 1 saturated heterocycles. The fourth-order valence-electron chi connectivity index (χ4n) is 9.10. The largest absolute Gasteiger partial charge is 0.475 e. The maximum absolute atomic E-state index is 14.6. The molecule has 2 unspecified atom stereocenters. The number of oxime groups is 1. The summed E-state index contributed by atoms with van der Waals surface area (Å²) in [4.78, 5) is 71.2. The maximum Gasteiger partial charge on any atom is 0.404 e. The average Bonchev–Trinajstić information content (AvgIpc) is 3.95. The van der Waals surface area contributed by atoms with E-state index in [-0.39, 0.29) is 29.5 Å². The van der Waals surface area contributed by atoms with Crippen molar-refractivity contribution in [3.8, 4) is 5.75 Å². The molecule has 15 nitrogen and oxygen atoms in total. The van der Waals surface area contributed by atoms with E-state index in [4.69, 9.17) is 29.9 Å². The molecule has 0 bridgehead atoms. The summed E-state index contributed by atoms with van der Waals surface area (Å²) in [6.07, 6.45) is -0.914. The van der Waals surface area contributed by atoms with Gasteiger partial charge in [0, 0.05) is 11.4 Å². The number of rotatable bonds is 21. The van der Waals surface area contributed by atoms with Gasteiger partial charge in [-0.15, -0.1) is 11.3 Å². The Bertz CT molecular complexity index is 3340. The molecular weight excluding hydrogens is 991 g/mol. The van der Waals surface area contributed by atoms with Gasteiger partial charge in [0.25, 0.3) is 5.91 Å². The van der Waals surface area contributed by atoms with Crippen molar-refractivity contribution in [3.63, 3.8) is 0 Å². The number of anilines is 1. The number of aromatic nitrogens is 2. The summed E-state index contributed by atoms with van der Waals surface area (Å²) >= 11 is 1.23. The normalized spacial score (nSPS) is 14.2. The zero-order chi connectivity index (χ0) is 53.0. The van der Waals surface area contributed by atoms with Crippen LogP contribution in [0.15, 0.2) is 240 Å². The van der Waals surface area contributed by atoms with Gasteiger partial charge in [-0.2, -0.15) is 4.73 Å². The second kappa shape index (κ2) is 23.6. The number of nitrogens with zero attached hydrogens (tertiary/aromatic N) is 3. The molecule has 0 radical (unpaired) electrons. The summed E-state index contributed by atoms with van der Waals surface area (Å²) in [6, 6.07) is 67.7. The second-order valence-electron chi connectivity index (χ2n) is 17.9. The van der Waals surface area contributed by atoms with Gasteiger partial charge in [-0.25, -0.2) is 9.78 Å². The molecule has 10 rings (SSSR count). The van der Waals surface area contributed by atoms with Crippen molar-refractivity contribution in [1.29, 1.82) is 0 Å². The van der Waals surface area contributed by atoms with Crippen molar-refractivity contribution in [1.82, 2.24) is 20.3 Å². The molecule has 77 heavy (non-hydrogen) atoms. The fourth-order valence-corrected chi connectivity index (χ4v) is 9.85. The molecule has 384 valence electrons. The van der Waals surface area contributed by atoms with E-state index < -0.39 is 59.8 Å². The SMILES string of the molecule is NC(=O)OCC1NC(=O)C1NC(=O)C(=NOCc1cc(=O)c(OC(c2ccccc2)c2ccccc2)cn1OC(c1ccccc1)c1ccccc1)c1csc(NC(c2ccccc2)(c2ccccc2)c2ccccc2)n1. The van der Waals surface area contributed by atoms with Gasteiger partial charge in [-0.05, 0) is 38.9 Å². The first-order chi connectivity index (χ1) is 37.7. The minimum atomic E-state index is -1.13. The number of primary amides is 1. The van der Waals surface area contributed by atoms with Gasteiger partial charge < -0.3 is 40.8 Å². The molecule has 0 aliphatic carbocycles. The Morgan fingerprint density at radius 3 is 1.61 bits per heavy atom. The number of nitrogens with one attached hydrogen (secondary N) is 3. The van der Waals surface area contributed by atoms with Crippen LogP contribution in [-0.4, -0.2) is 52.0 Å². The molecule has 2 atom stereocenters. The molecule has 1 aliphatic heterocycles. The van der Waals surface area contributed by atoms with Crippen molar-refractivity contribution < 1.29 is 33.5 Å². The molecule has 1 aliphatic rings. The molecule has 3 amide bonds. The standard InChI is InChI=1S/C61H51N7O8S/c62-59(72)73-39-49-53(57(70)63-49)65-58(71)54(50-40-77-60(64-50)66-61(45-30-16-5-17-31-45,46-32-18-6-19-33-46)47-34-20-7-21-35-47)67-74-38-48-36-51(69)52(75-55(41-22-8-1-9-23-41)42-24-10-2-11-25-42)37-68(48)76-56(43-26-12-3-13-27-43)44-28-14-4-15-29-44/h1-37,40,49,53,55-56H,38-39H2,(H2,62,72)(H,63,70)(H,64,66)(H,65,71). The summed E-state index contributed by atoms with van der Waals surface area (Å²) in [5.74, 6) is -1.36. The van der Waals surface area contributed by atoms with Crippen molar-refractivity contribution >= 4 is 40.1 Å². The third-order valence-corrected chi connectivity index (χ3v) is 13.6. The maximum atomic E-state index is 14.6. The van der Waals surface area contributed by atoms with E-state index in [0.29, 0.717) is 5.13 Å². The number of thiazole rings is 1. The highest BCUT2D eigenvalue weighted by Crippen LogP contribution is 2.41. The monoisotopic (exact) mass is 1040 g/mol. The van der Waals surface area contributed by atoms with Crippen molar-refractivity contribution in [3.05, 3.63) is 291 Å². The second-order valence-corrected chi connectivity index (χ2v) is 18.7. The van der Waals surface area contributed by atoms with Crippen LogP contribution in [0, 0.1) is 0 Å². The molecule has 0 spiro atoms. The van der Waals surface area contributed by atoms with Gasteiger partial charge in [-0.3, -0.25) is 14.4 Å². The van der Waals surface area contributed by atoms with Gasteiger partial charge in [0.1, 0.15) is 35.7 Å². The third kappa shape index (κ3) is 11.6. The van der Waals surface area contributed by atoms with Gasteiger partial charge in [0.2, 0.25) is 11.3 Å². The van der Waals surface area contributed by atoms with E-state index >= 15 is 0 Å². The first-order valence-corrected chi connectivity index (χ1v) is 25.5. The van der Waals surface area contributed by atoms with Crippen LogP contribution in [0.4, 0.5) is 9.93 Å². The molecule has 7 aromatic carbocycles. The number of ether oxygens (including phenoxy) is 2. The number of carbonyl (C=O) groups is 3. The number of nitrogens with two attached hydrogens (primary N) is 1. The number of β-lactam (4-membered cyclic amide) rings is 1. The van der Waals surface area contributed by atoms with E-state index in [0.717, 1.165) is 38.9 Å². The van der Waals surface area contributed by atoms with E-state index in [9.17, 15) is 19.2 Å². The lowest BCUT2D eigenvalue weighted by atomic mass is 9.77. The molecule has 3 heterocycles. The van der Waals surface area contributed by atoms with Crippen molar-refractivity contribution in [2.45, 2.75) is 36.4 Å². The third-order valence-electron chi connectivity index (χ3n) is 12.9. The van der Waals surface area contributed by atoms with Crippen LogP contribution in [0.2, 0.25) is 0 Å². The van der Waals surface area contributed by atoms with E-state index in [2.05, 4.69) is 21.1 Å². The van der Waals surface area contributed by atoms with Crippen LogP contribution in [0.25, 0.3) is 0 Å². The predicted molar refractivity (Wildman–Crippen MR) is 293 cm³/mol. The van der Waals surface area contributed by atoms with Crippen molar-refractivity contribution in [2.24, 2.45) is 10.9 Å². The molecular formula is C61H51N7O8S. The molecule has 0 saturated carbocycles. The molecule has 2 aromatic heterocycles. The molecule has 5 N–H and O–H groups in total. The Labute approximate surface area is 447 Å². The lowest BCUT2D eigenvalue weighted by Gasteiger charge is -2.36. The average molecular weight is 1040 g/mol. The lowest BCUT2D eigenvalue weighted by molar-refractivity contribution is -0.135. The van der Waals surface area contributed by atoms with E-state index in [1.165, 1.54) is 28.3 Å². The zero-order valence-corrected chi connectivity index (χ0v) is 42.1. The van der Waals surface area contributed by atoms with Crippen LogP contribution in [0.1, 0.15) is 62.5 Å². The predicted octanol–water partition coefficient (Wildman–Crippen LogP) is 9.09. The number of hydrogen-bond acceptors (Lipinski definition) is 12. The summed E-state index contributed by atoms with van der Waals surface area (Å²) in [7, 11) is 0. The number of amides is 3. The molecule has 1 fully saturated rings. The highest BCUT2D eigenvalue weighted by Gasteiger charge is 2.42. The number of hydrogen-bond donors (Lipinski definition) is 4. The minimum Gasteiger partial charge on any atom is -0.475 e. The van der Waals surface area contributed by atoms with Crippen LogP contribution in [0.3, 0.4) is 0 Å². The van der Waals surface area contributed by atoms with E-state index in [1.807, 2.05) is 212 Å². The Balaban J connectivity index is 1.03. The number of benzene rings is 7. The quantitative estimate of drug-likeness (QED) is 0.0233. The summed E-state index contributed by atoms with van der Waals surface area (Å²) in [5, 5.41) is 15.5. The van der Waals surface area contributed by atoms with Crippen LogP contribution in [0.5, 0.6) is 5.75 Å². The topological polar surface area (TPSA) is 197 Å². The fraction of sp³-hybridized carbons (Fsp3) is 0.115. The van der Waals surface area contributed by atoms with Gasteiger partial charge in [-0.1, -0.05) is 217 Å². The van der Waals surface area contributed by atoms with Crippen LogP contribution >= 0.6 is 11.3 Å². The highest BCUT2D eigenvalue weighted by atomic mass is 32.1. The first-order valence-electron chi connectivity index (χ1n) is 24.7. The number of carbonyl (C=O) groups excluding carboxylic acids is 3. The van der Waals surface area contributed by atoms with Gasteiger partial charge >= 0.3 is 6.09 Å². The first kappa shape index (κ1) is 50.7. The zero-order valence-electron chi connectivity index (χ0n) is 41.3. The van der Waals surface area contributed by atoms with Gasteiger partial charge in [0.05, 0.1) is 12.2 Å². The number of pyridine rings is 1. The van der Waals surface area contributed by atoms with Crippen molar-refractivity contribution in [2.75, 3.05) is 11.9 Å². The lowest BCUT2D eigenvalue weighted by Crippen LogP contribution is -2.71. The Hall–Kier alpha value is -9.80. The summed E-state index contributed by atoms with van der Waals surface area (Å²) < 4.78 is 13.0. The minimum absolute atomic E-state index is 0.0105. The van der Waals surface area contributed by atoms with Gasteiger partial charge in [0.15, 0.2) is 29.3 Å². The van der Waals surface area contributed by atoms with E-state index in [1.54, 1.807) is 5.38 Å². The Kier molecular flexibility index (Phi) is 15.5. The highest BCUT2D eigenvalue weighted by molar-refractivity contribution is 7.14. The smallest absolute Gasteiger partial charge is 0.404 e. The Morgan fingerprint density at radius 1 is 0.675 bits per heavy atom. The Morgan fingerprint density at radius 2 is 1.14 bits per heavy atom. The molecule has 9 aromatic rings. The van der Waals surface area contributed by atoms with Crippen LogP contribution < -0.4 is 36.7 Å². The molecule has 16 heteroatoms. The summed E-state index contributed by atoms with van der Waals surface area (Å²) in [5.41, 5.74) is 9.83.